The highest BCUT2D eigenvalue weighted by molar-refractivity contribution is 6.38. The maximum absolute atomic E-state index is 12.4. The lowest BCUT2D eigenvalue weighted by molar-refractivity contribution is -0.577. The third-order valence-electron chi connectivity index (χ3n) is 3.00. The number of halogens is 1. The van der Waals surface area contributed by atoms with Crippen LogP contribution in [-0.2, 0) is 0 Å². The first-order valence-corrected chi connectivity index (χ1v) is 6.32. The third-order valence-corrected chi connectivity index (χ3v) is 3.38. The molecule has 0 amide bonds. The van der Waals surface area contributed by atoms with Crippen molar-refractivity contribution in [3.63, 3.8) is 0 Å². The van der Waals surface area contributed by atoms with Crippen molar-refractivity contribution >= 4 is 28.4 Å². The van der Waals surface area contributed by atoms with Gasteiger partial charge in [-0.15, -0.1) is 0 Å². The van der Waals surface area contributed by atoms with Gasteiger partial charge in [0.25, 0.3) is 0 Å². The van der Waals surface area contributed by atoms with Gasteiger partial charge in [0.2, 0.25) is 11.3 Å². The summed E-state index contributed by atoms with van der Waals surface area (Å²) in [4.78, 5) is 16.5. The van der Waals surface area contributed by atoms with E-state index in [4.69, 9.17) is 11.6 Å². The Morgan fingerprint density at radius 2 is 1.90 bits per heavy atom. The summed E-state index contributed by atoms with van der Waals surface area (Å²) in [6, 6.07) is 11.9. The predicted octanol–water partition coefficient (Wildman–Crippen LogP) is 2.75. The van der Waals surface area contributed by atoms with Crippen LogP contribution >= 0.6 is 11.6 Å². The van der Waals surface area contributed by atoms with E-state index >= 15 is 0 Å². The van der Waals surface area contributed by atoms with Crippen molar-refractivity contribution in [2.45, 2.75) is 0 Å². The monoisotopic (exact) mass is 284 g/mol. The molecule has 4 nitrogen and oxygen atoms in total. The zero-order valence-corrected chi connectivity index (χ0v) is 11.0. The molecule has 0 unspecified atom stereocenters. The lowest BCUT2D eigenvalue weighted by Gasteiger charge is -2.07. The van der Waals surface area contributed by atoms with Crippen LogP contribution in [-0.4, -0.2) is 10.8 Å². The van der Waals surface area contributed by atoms with Gasteiger partial charge in [-0.2, -0.15) is 4.73 Å². The molecule has 0 saturated carbocycles. The van der Waals surface area contributed by atoms with E-state index in [0.29, 0.717) is 21.3 Å². The first kappa shape index (κ1) is 12.6. The molecule has 20 heavy (non-hydrogen) atoms. The Hall–Kier alpha value is -2.46. The molecule has 5 heteroatoms. The lowest BCUT2D eigenvalue weighted by atomic mass is 10.0. The van der Waals surface area contributed by atoms with E-state index in [-0.39, 0.29) is 16.4 Å². The summed E-state index contributed by atoms with van der Waals surface area (Å²) in [5, 5.41) is 12.1. The molecule has 3 rings (SSSR count). The van der Waals surface area contributed by atoms with Crippen LogP contribution in [0.1, 0.15) is 15.9 Å². The molecule has 0 aliphatic heterocycles. The Kier molecular flexibility index (Phi) is 3.08. The molecule has 2 aromatic heterocycles. The summed E-state index contributed by atoms with van der Waals surface area (Å²) in [6.07, 6.45) is 2.73. The van der Waals surface area contributed by atoms with Crippen molar-refractivity contribution in [3.8, 4) is 0 Å². The minimum absolute atomic E-state index is 0.152. The van der Waals surface area contributed by atoms with Crippen LogP contribution < -0.4 is 4.73 Å². The summed E-state index contributed by atoms with van der Waals surface area (Å²) < 4.78 is 0.615. The number of ketones is 1. The predicted molar refractivity (Wildman–Crippen MR) is 75.6 cm³/mol. The number of pyridine rings is 2. The smallest absolute Gasteiger partial charge is 0.243 e. The molecule has 98 valence electrons. The summed E-state index contributed by atoms with van der Waals surface area (Å²) in [5.41, 5.74) is 1.29. The van der Waals surface area contributed by atoms with E-state index in [0.717, 1.165) is 0 Å². The number of carbonyl (C=O) groups excluding carboxylic acids is 1. The average Bonchev–Trinajstić information content (AvgIpc) is 2.51. The Labute approximate surface area is 119 Å². The van der Waals surface area contributed by atoms with Crippen LogP contribution in [0.2, 0.25) is 5.02 Å². The summed E-state index contributed by atoms with van der Waals surface area (Å²) >= 11 is 6.22. The Morgan fingerprint density at radius 3 is 2.65 bits per heavy atom. The second kappa shape index (κ2) is 4.90. The fourth-order valence-electron chi connectivity index (χ4n) is 2.02. The van der Waals surface area contributed by atoms with Gasteiger partial charge in [0.15, 0.2) is 11.7 Å². The second-order valence-electron chi connectivity index (χ2n) is 4.25. The number of rotatable bonds is 2. The number of hydrogen-bond donors (Lipinski definition) is 0. The van der Waals surface area contributed by atoms with Gasteiger partial charge in [0.05, 0.1) is 5.02 Å². The molecule has 0 spiro atoms. The molecule has 0 aliphatic rings. The molecule has 0 saturated heterocycles. The normalized spacial score (nSPS) is 10.7. The van der Waals surface area contributed by atoms with Gasteiger partial charge in [-0.3, -0.25) is 4.79 Å². The average molecular weight is 285 g/mol. The fraction of sp³-hybridized carbons (Fsp3) is 0. The molecule has 0 atom stereocenters. The number of nitrogens with zero attached hydrogens (tertiary/aromatic N) is 2. The maximum Gasteiger partial charge on any atom is 0.243 e. The summed E-state index contributed by atoms with van der Waals surface area (Å²) in [5.74, 6) is -0.298. The van der Waals surface area contributed by atoms with E-state index in [1.807, 2.05) is 6.07 Å². The first-order chi connectivity index (χ1) is 9.68. The molecule has 2 heterocycles. The van der Waals surface area contributed by atoms with E-state index in [1.54, 1.807) is 36.4 Å². The fourth-order valence-corrected chi connectivity index (χ4v) is 2.30. The van der Waals surface area contributed by atoms with Crippen LogP contribution in [0.25, 0.3) is 11.0 Å². The zero-order valence-electron chi connectivity index (χ0n) is 10.3. The van der Waals surface area contributed by atoms with Crippen molar-refractivity contribution < 1.29 is 9.52 Å². The Balaban J connectivity index is 2.23. The third kappa shape index (κ3) is 2.00. The van der Waals surface area contributed by atoms with Gasteiger partial charge in [-0.05, 0) is 6.07 Å². The minimum Gasteiger partial charge on any atom is -0.618 e. The van der Waals surface area contributed by atoms with Crippen LogP contribution in [0.3, 0.4) is 0 Å². The van der Waals surface area contributed by atoms with Gasteiger partial charge in [-0.25, -0.2) is 4.98 Å². The molecular formula is C15H9ClN2O2. The molecule has 0 bridgehead atoms. The molecule has 1 aromatic carbocycles. The van der Waals surface area contributed by atoms with Crippen molar-refractivity contribution in [2.75, 3.05) is 0 Å². The summed E-state index contributed by atoms with van der Waals surface area (Å²) in [7, 11) is 0. The quantitative estimate of drug-likeness (QED) is 0.413. The standard InChI is InChI=1S/C15H9ClN2O2/c16-13-11(15(19)10-5-2-1-3-6-10)9-18(20)12-7-4-8-17-14(12)13/h1-9H. The molecule has 0 fully saturated rings. The molecular weight excluding hydrogens is 276 g/mol. The van der Waals surface area contributed by atoms with E-state index in [9.17, 15) is 10.0 Å². The molecule has 3 aromatic rings. The number of carbonyl (C=O) groups is 1. The highest BCUT2D eigenvalue weighted by Crippen LogP contribution is 2.24. The summed E-state index contributed by atoms with van der Waals surface area (Å²) in [6.45, 7) is 0. The largest absolute Gasteiger partial charge is 0.618 e. The van der Waals surface area contributed by atoms with Crippen LogP contribution in [0, 0.1) is 5.21 Å². The van der Waals surface area contributed by atoms with Crippen LogP contribution in [0.15, 0.2) is 54.9 Å². The molecule has 0 aliphatic carbocycles. The topological polar surface area (TPSA) is 56.9 Å². The van der Waals surface area contributed by atoms with Gasteiger partial charge < -0.3 is 5.21 Å². The van der Waals surface area contributed by atoms with E-state index in [2.05, 4.69) is 4.98 Å². The Morgan fingerprint density at radius 1 is 1.15 bits per heavy atom. The van der Waals surface area contributed by atoms with Gasteiger partial charge in [0.1, 0.15) is 5.56 Å². The Bertz CT molecular complexity index is 804. The SMILES string of the molecule is O=C(c1ccccc1)c1c[n+]([O-])c2cccnc2c1Cl. The first-order valence-electron chi connectivity index (χ1n) is 5.94. The van der Waals surface area contributed by atoms with Crippen molar-refractivity contribution in [1.82, 2.24) is 4.98 Å². The van der Waals surface area contributed by atoms with Gasteiger partial charge in [-0.1, -0.05) is 41.9 Å². The van der Waals surface area contributed by atoms with Crippen LogP contribution in [0.5, 0.6) is 0 Å². The zero-order chi connectivity index (χ0) is 14.1. The number of fused-ring (bicyclic) bond motifs is 1. The highest BCUT2D eigenvalue weighted by Gasteiger charge is 2.21. The molecule has 0 N–H and O–H groups in total. The van der Waals surface area contributed by atoms with Gasteiger partial charge in [0, 0.05) is 17.8 Å². The van der Waals surface area contributed by atoms with Crippen molar-refractivity contribution in [3.05, 3.63) is 76.2 Å². The number of hydrogen-bond acceptors (Lipinski definition) is 3. The number of aromatic nitrogens is 2. The number of benzene rings is 1. The van der Waals surface area contributed by atoms with E-state index < -0.39 is 0 Å². The van der Waals surface area contributed by atoms with E-state index in [1.165, 1.54) is 12.4 Å². The highest BCUT2D eigenvalue weighted by atomic mass is 35.5. The maximum atomic E-state index is 12.4. The van der Waals surface area contributed by atoms with Crippen LogP contribution in [0.4, 0.5) is 0 Å². The molecule has 0 radical (unpaired) electrons. The second-order valence-corrected chi connectivity index (χ2v) is 4.63. The van der Waals surface area contributed by atoms with Gasteiger partial charge >= 0.3 is 0 Å². The minimum atomic E-state index is -0.298. The van der Waals surface area contributed by atoms with Crippen molar-refractivity contribution in [1.29, 1.82) is 0 Å². The van der Waals surface area contributed by atoms with Crippen molar-refractivity contribution in [2.24, 2.45) is 0 Å². The lowest BCUT2D eigenvalue weighted by Crippen LogP contribution is -2.29.